The zero-order valence-corrected chi connectivity index (χ0v) is 9.98. The Morgan fingerprint density at radius 2 is 2.20 bits per heavy atom. The predicted octanol–water partition coefficient (Wildman–Crippen LogP) is 1.53. The maximum Gasteiger partial charge on any atom is 0.156 e. The van der Waals surface area contributed by atoms with Gasteiger partial charge in [0.15, 0.2) is 4.60 Å². The van der Waals surface area contributed by atoms with Gasteiger partial charge >= 0.3 is 0 Å². The van der Waals surface area contributed by atoms with Crippen molar-refractivity contribution in [2.45, 2.75) is 6.92 Å². The summed E-state index contributed by atoms with van der Waals surface area (Å²) in [6.45, 7) is 1.92. The number of nitrogens with two attached hydrogens (primary N) is 1. The van der Waals surface area contributed by atoms with E-state index in [1.54, 1.807) is 10.9 Å². The second-order valence-corrected chi connectivity index (χ2v) is 4.03. The van der Waals surface area contributed by atoms with E-state index >= 15 is 0 Å². The van der Waals surface area contributed by atoms with E-state index in [1.807, 2.05) is 20.0 Å². The number of anilines is 1. The number of nitrogen functional groups attached to an aromatic ring is 1. The molecule has 0 aliphatic carbocycles. The minimum absolute atomic E-state index is 0.546. The maximum atomic E-state index is 5.66. The van der Waals surface area contributed by atoms with Crippen molar-refractivity contribution in [3.05, 3.63) is 22.4 Å². The van der Waals surface area contributed by atoms with Gasteiger partial charge in [0.2, 0.25) is 0 Å². The van der Waals surface area contributed by atoms with Gasteiger partial charge in [-0.1, -0.05) is 5.21 Å². The molecule has 0 saturated heterocycles. The van der Waals surface area contributed by atoms with Crippen molar-refractivity contribution in [2.24, 2.45) is 7.05 Å². The molecule has 5 nitrogen and oxygen atoms in total. The molecule has 0 aliphatic heterocycles. The summed E-state index contributed by atoms with van der Waals surface area (Å²) in [5.74, 6) is 0.546. The van der Waals surface area contributed by atoms with Crippen LogP contribution >= 0.6 is 15.9 Å². The van der Waals surface area contributed by atoms with Crippen molar-refractivity contribution in [1.82, 2.24) is 20.0 Å². The molecule has 0 fully saturated rings. The van der Waals surface area contributed by atoms with Crippen molar-refractivity contribution in [1.29, 1.82) is 0 Å². The van der Waals surface area contributed by atoms with Crippen LogP contribution in [0.4, 0.5) is 5.82 Å². The van der Waals surface area contributed by atoms with Crippen LogP contribution in [0.1, 0.15) is 5.56 Å². The van der Waals surface area contributed by atoms with Crippen molar-refractivity contribution >= 4 is 21.7 Å². The molecule has 0 aromatic carbocycles. The van der Waals surface area contributed by atoms with E-state index in [-0.39, 0.29) is 0 Å². The van der Waals surface area contributed by atoms with Crippen LogP contribution in [0.3, 0.4) is 0 Å². The third-order valence-electron chi connectivity index (χ3n) is 2.18. The van der Waals surface area contributed by atoms with Crippen LogP contribution < -0.4 is 5.73 Å². The summed E-state index contributed by atoms with van der Waals surface area (Å²) in [5.41, 5.74) is 8.44. The summed E-state index contributed by atoms with van der Waals surface area (Å²) in [6.07, 6.45) is 1.71. The summed E-state index contributed by atoms with van der Waals surface area (Å²) in [6, 6.07) is 1.96. The number of hydrogen-bond donors (Lipinski definition) is 1. The summed E-state index contributed by atoms with van der Waals surface area (Å²) in [5, 5.41) is 7.82. The number of hydrogen-bond acceptors (Lipinski definition) is 4. The second-order valence-electron chi connectivity index (χ2n) is 3.28. The third-order valence-corrected chi connectivity index (χ3v) is 2.71. The Labute approximate surface area is 95.4 Å². The molecule has 6 heteroatoms. The van der Waals surface area contributed by atoms with E-state index in [0.29, 0.717) is 10.4 Å². The molecule has 0 unspecified atom stereocenters. The molecule has 2 aromatic rings. The average Bonchev–Trinajstić information content (AvgIpc) is 2.52. The Morgan fingerprint density at radius 3 is 2.73 bits per heavy atom. The van der Waals surface area contributed by atoms with Crippen molar-refractivity contribution in [3.63, 3.8) is 0 Å². The minimum Gasteiger partial charge on any atom is -0.383 e. The Kier molecular flexibility index (Phi) is 2.44. The van der Waals surface area contributed by atoms with Crippen LogP contribution in [0.25, 0.3) is 11.3 Å². The minimum atomic E-state index is 0.546. The van der Waals surface area contributed by atoms with Gasteiger partial charge in [-0.05, 0) is 34.5 Å². The number of pyridine rings is 1. The van der Waals surface area contributed by atoms with E-state index in [4.69, 9.17) is 5.73 Å². The lowest BCUT2D eigenvalue weighted by Gasteiger charge is -2.04. The van der Waals surface area contributed by atoms with Crippen LogP contribution in [0.5, 0.6) is 0 Å². The smallest absolute Gasteiger partial charge is 0.156 e. The van der Waals surface area contributed by atoms with Crippen molar-refractivity contribution in [2.75, 3.05) is 5.73 Å². The fourth-order valence-corrected chi connectivity index (χ4v) is 1.91. The molecule has 0 saturated carbocycles. The standard InChI is InChI=1S/C9H10BrN5/c1-5-3-6(4-12-9(5)11)7-8(10)13-14-15(7)2/h3-4H,1-2H3,(H2,11,12). The predicted molar refractivity (Wildman–Crippen MR) is 61.1 cm³/mol. The van der Waals surface area contributed by atoms with Gasteiger partial charge in [-0.25, -0.2) is 9.67 Å². The second kappa shape index (κ2) is 3.62. The van der Waals surface area contributed by atoms with E-state index < -0.39 is 0 Å². The molecule has 2 rings (SSSR count). The highest BCUT2D eigenvalue weighted by molar-refractivity contribution is 9.10. The Hall–Kier alpha value is -1.43. The van der Waals surface area contributed by atoms with Crippen LogP contribution in [0.2, 0.25) is 0 Å². The van der Waals surface area contributed by atoms with Crippen molar-refractivity contribution < 1.29 is 0 Å². The first-order chi connectivity index (χ1) is 7.09. The Bertz CT molecular complexity index is 486. The van der Waals surface area contributed by atoms with Gasteiger partial charge in [-0.3, -0.25) is 0 Å². The topological polar surface area (TPSA) is 69.6 Å². The largest absolute Gasteiger partial charge is 0.383 e. The van der Waals surface area contributed by atoms with E-state index in [9.17, 15) is 0 Å². The Balaban J connectivity index is 2.59. The van der Waals surface area contributed by atoms with Gasteiger partial charge in [-0.15, -0.1) is 5.10 Å². The van der Waals surface area contributed by atoms with Gasteiger partial charge in [0.25, 0.3) is 0 Å². The van der Waals surface area contributed by atoms with Crippen LogP contribution in [0, 0.1) is 6.92 Å². The number of nitrogens with zero attached hydrogens (tertiary/aromatic N) is 4. The molecule has 0 aliphatic rings. The first kappa shape index (κ1) is 10.1. The van der Waals surface area contributed by atoms with Gasteiger partial charge in [0.1, 0.15) is 11.5 Å². The molecule has 0 spiro atoms. The molecular weight excluding hydrogens is 258 g/mol. The van der Waals surface area contributed by atoms with E-state index in [2.05, 4.69) is 31.2 Å². The fourth-order valence-electron chi connectivity index (χ4n) is 1.35. The monoisotopic (exact) mass is 267 g/mol. The molecule has 2 N–H and O–H groups in total. The highest BCUT2D eigenvalue weighted by atomic mass is 79.9. The van der Waals surface area contributed by atoms with Gasteiger partial charge in [0, 0.05) is 18.8 Å². The first-order valence-corrected chi connectivity index (χ1v) is 5.16. The average molecular weight is 268 g/mol. The number of aromatic nitrogens is 4. The van der Waals surface area contributed by atoms with Crippen LogP contribution in [-0.2, 0) is 7.05 Å². The molecular formula is C9H10BrN5. The van der Waals surface area contributed by atoms with Crippen LogP contribution in [0.15, 0.2) is 16.9 Å². The quantitative estimate of drug-likeness (QED) is 0.851. The lowest BCUT2D eigenvalue weighted by molar-refractivity contribution is 0.720. The van der Waals surface area contributed by atoms with Crippen LogP contribution in [-0.4, -0.2) is 20.0 Å². The third kappa shape index (κ3) is 1.72. The molecule has 78 valence electrons. The highest BCUT2D eigenvalue weighted by Gasteiger charge is 2.11. The molecule has 0 atom stereocenters. The molecule has 0 radical (unpaired) electrons. The summed E-state index contributed by atoms with van der Waals surface area (Å²) >= 11 is 3.34. The van der Waals surface area contributed by atoms with Gasteiger partial charge in [0.05, 0.1) is 0 Å². The fraction of sp³-hybridized carbons (Fsp3) is 0.222. The molecule has 2 aromatic heterocycles. The van der Waals surface area contributed by atoms with E-state index in [0.717, 1.165) is 16.8 Å². The van der Waals surface area contributed by atoms with E-state index in [1.165, 1.54) is 0 Å². The number of aryl methyl sites for hydroxylation is 2. The van der Waals surface area contributed by atoms with Gasteiger partial charge in [-0.2, -0.15) is 0 Å². The summed E-state index contributed by atoms with van der Waals surface area (Å²) in [7, 11) is 1.83. The SMILES string of the molecule is Cc1cc(-c2c(Br)nnn2C)cnc1N. The number of rotatable bonds is 1. The molecule has 15 heavy (non-hydrogen) atoms. The molecule has 0 amide bonds. The Morgan fingerprint density at radius 1 is 1.47 bits per heavy atom. The summed E-state index contributed by atoms with van der Waals surface area (Å²) in [4.78, 5) is 4.10. The lowest BCUT2D eigenvalue weighted by Crippen LogP contribution is -1.98. The molecule has 2 heterocycles. The lowest BCUT2D eigenvalue weighted by atomic mass is 10.1. The zero-order chi connectivity index (χ0) is 11.0. The highest BCUT2D eigenvalue weighted by Crippen LogP contribution is 2.26. The van der Waals surface area contributed by atoms with Gasteiger partial charge < -0.3 is 5.73 Å². The maximum absolute atomic E-state index is 5.66. The summed E-state index contributed by atoms with van der Waals surface area (Å²) < 4.78 is 2.40. The normalized spacial score (nSPS) is 10.6. The first-order valence-electron chi connectivity index (χ1n) is 4.37. The molecule has 0 bridgehead atoms. The zero-order valence-electron chi connectivity index (χ0n) is 8.40. The van der Waals surface area contributed by atoms with Crippen molar-refractivity contribution in [3.8, 4) is 11.3 Å². The number of halogens is 1.